The highest BCUT2D eigenvalue weighted by Gasteiger charge is 2.38. The first-order valence-corrected chi connectivity index (χ1v) is 44.5. The lowest BCUT2D eigenvalue weighted by atomic mass is 10.0. The maximum atomic E-state index is 13.0. The summed E-state index contributed by atoms with van der Waals surface area (Å²) in [6.45, 7) is 8.66. The van der Waals surface area contributed by atoms with Crippen molar-refractivity contribution in [3.63, 3.8) is 0 Å². The van der Waals surface area contributed by atoms with Crippen LogP contribution in [-0.4, -0.2) is 132 Å². The van der Waals surface area contributed by atoms with E-state index in [1.54, 1.807) is 106 Å². The van der Waals surface area contributed by atoms with E-state index in [1.807, 2.05) is 128 Å². The first-order chi connectivity index (χ1) is 67.1. The molecule has 3 aliphatic heterocycles. The van der Waals surface area contributed by atoms with Crippen molar-refractivity contribution >= 4 is 57.2 Å². The summed E-state index contributed by atoms with van der Waals surface area (Å²) in [6.07, 6.45) is 11.1. The van der Waals surface area contributed by atoms with Crippen LogP contribution in [0.4, 0.5) is 52.6 Å². The van der Waals surface area contributed by atoms with Crippen LogP contribution in [-0.2, 0) is 114 Å². The Kier molecular flexibility index (Phi) is 30.3. The number of imidazole rings is 3. The van der Waals surface area contributed by atoms with E-state index in [0.29, 0.717) is 83.1 Å². The Labute approximate surface area is 824 Å². The molecule has 0 unspecified atom stereocenters. The summed E-state index contributed by atoms with van der Waals surface area (Å²) < 4.78 is 119. The highest BCUT2D eigenvalue weighted by Crippen LogP contribution is 2.40. The molecule has 0 spiro atoms. The lowest BCUT2D eigenvalue weighted by Crippen LogP contribution is -2.26. The van der Waals surface area contributed by atoms with Crippen LogP contribution in [0.1, 0.15) is 137 Å². The maximum absolute atomic E-state index is 13.0. The number of para-hydroxylation sites is 1. The fourth-order valence-corrected chi connectivity index (χ4v) is 17.1. The Balaban J connectivity index is 0.000000151. The molecule has 21 rings (SSSR count). The summed E-state index contributed by atoms with van der Waals surface area (Å²) in [5, 5.41) is 10.1. The van der Waals surface area contributed by atoms with Crippen molar-refractivity contribution in [2.75, 3.05) is 14.7 Å². The first kappa shape index (κ1) is 103. The third-order valence-electron chi connectivity index (χ3n) is 24.0. The van der Waals surface area contributed by atoms with Gasteiger partial charge in [-0.25, -0.2) is 59.6 Å². The maximum Gasteiger partial charge on any atom is 0.434 e. The molecule has 38 heteroatoms. The summed E-state index contributed by atoms with van der Waals surface area (Å²) >= 11 is 0. The van der Waals surface area contributed by atoms with Crippen molar-refractivity contribution in [3.8, 4) is 96.7 Å². The van der Waals surface area contributed by atoms with Gasteiger partial charge in [-0.3, -0.25) is 57.5 Å². The second-order valence-electron chi connectivity index (χ2n) is 34.6. The number of carbonyl (C=O) groups is 3. The van der Waals surface area contributed by atoms with Gasteiger partial charge in [0.2, 0.25) is 23.6 Å². The molecule has 3 aliphatic rings. The highest BCUT2D eigenvalue weighted by atomic mass is 19.4. The van der Waals surface area contributed by atoms with E-state index in [1.165, 1.54) is 56.9 Å². The molecule has 144 heavy (non-hydrogen) atoms. The second kappa shape index (κ2) is 42.3. The van der Waals surface area contributed by atoms with Crippen molar-refractivity contribution in [1.29, 1.82) is 0 Å². The number of hydrogen-bond donors (Lipinski definition) is 0. The third kappa shape index (κ3) is 21.4. The Morgan fingerprint density at radius 2 is 0.819 bits per heavy atom. The predicted molar refractivity (Wildman–Crippen MR) is 535 cm³/mol. The molecule has 0 N–H and O–H groups in total. The number of aryl methyl sites for hydroxylation is 7. The number of alkyl halides is 8. The minimum absolute atomic E-state index is 0. The summed E-state index contributed by atoms with van der Waals surface area (Å²) in [5.41, 5.74) is 16.3. The molecular weight excluding hydrogens is 1860 g/mol. The van der Waals surface area contributed by atoms with E-state index in [0.717, 1.165) is 113 Å². The molecule has 0 saturated heterocycles. The van der Waals surface area contributed by atoms with E-state index < -0.39 is 36.0 Å². The lowest BCUT2D eigenvalue weighted by Gasteiger charge is -2.18. The predicted octanol–water partition coefficient (Wildman–Crippen LogP) is 20.6. The van der Waals surface area contributed by atoms with Crippen LogP contribution in [0, 0.1) is 6.92 Å². The van der Waals surface area contributed by atoms with Gasteiger partial charge in [0, 0.05) is 171 Å². The molecule has 0 fully saturated rings. The number of anilines is 3. The number of halogens is 8. The van der Waals surface area contributed by atoms with E-state index in [-0.39, 0.29) is 113 Å². The van der Waals surface area contributed by atoms with E-state index in [4.69, 9.17) is 15.0 Å². The summed E-state index contributed by atoms with van der Waals surface area (Å²) in [6, 6.07) is 50.6. The van der Waals surface area contributed by atoms with E-state index >= 15 is 0 Å². The van der Waals surface area contributed by atoms with Gasteiger partial charge in [-0.2, -0.15) is 45.3 Å². The average molecular weight is 1960 g/mol. The Morgan fingerprint density at radius 1 is 0.403 bits per heavy atom. The molecule has 16 heterocycles. The third-order valence-corrected chi connectivity index (χ3v) is 24.0. The monoisotopic (exact) mass is 1960 g/mol. The minimum Gasteiger partial charge on any atom is -0.416 e. The molecule has 0 bridgehead atoms. The fraction of sp³-hybridized carbons (Fsp3) is 0.255. The molecule has 0 aliphatic carbocycles. The Bertz CT molecular complexity index is 7810. The Morgan fingerprint density at radius 3 is 1.24 bits per heavy atom. The molecule has 0 saturated carbocycles. The summed E-state index contributed by atoms with van der Waals surface area (Å²) in [5.74, 6) is 4.22. The summed E-state index contributed by atoms with van der Waals surface area (Å²) in [7, 11) is 10.3. The number of benzene rings is 5. The SMILES string of the molecule is C.C.C.C.CC(C)c1ncccc1-c1ncc2c(n1)N(Cc1ccc(-c3ccn(C)n3)cc1)C(=O)C2.Cc1cn(C)nc1-c1ccc(CN2C(=O)Cc3cnc(-c4cccnc4C(C)C)nc32)cc1.Cn1cc(C(F)(F)F)nc1-c1ccc(CN2C(=O)Cc3cnc(-c4cccc5ccn(C)c45)nc32)cc1.Cn1cc(C(F)(F)F)nc1-c1ccc(Cn2c(=O)n(C)c3cnc(-c4cccnc4OC(F)F)nc32)cc1. The number of amides is 3. The van der Waals surface area contributed by atoms with Crippen LogP contribution in [0.2, 0.25) is 0 Å². The number of fused-ring (bicyclic) bond motifs is 5. The van der Waals surface area contributed by atoms with Crippen molar-refractivity contribution in [3.05, 3.63) is 316 Å². The number of rotatable bonds is 20. The molecule has 18 aromatic rings. The molecule has 3 amide bonds. The zero-order valence-corrected chi connectivity index (χ0v) is 77.4. The number of ether oxygens (including phenoxy) is 1. The fourth-order valence-electron chi connectivity index (χ4n) is 17.1. The zero-order valence-electron chi connectivity index (χ0n) is 77.4. The van der Waals surface area contributed by atoms with Crippen LogP contribution >= 0.6 is 0 Å². The normalized spacial score (nSPS) is 12.6. The van der Waals surface area contributed by atoms with Crippen molar-refractivity contribution in [2.24, 2.45) is 42.3 Å². The van der Waals surface area contributed by atoms with Crippen LogP contribution in [0.5, 0.6) is 5.88 Å². The van der Waals surface area contributed by atoms with Gasteiger partial charge < -0.3 is 18.4 Å². The highest BCUT2D eigenvalue weighted by molar-refractivity contribution is 6.02. The second-order valence-corrected chi connectivity index (χ2v) is 34.6. The van der Waals surface area contributed by atoms with Crippen LogP contribution in [0.25, 0.3) is 113 Å². The van der Waals surface area contributed by atoms with Gasteiger partial charge in [0.15, 0.2) is 40.3 Å². The lowest BCUT2D eigenvalue weighted by molar-refractivity contribution is -0.141. The average Bonchev–Trinajstić information content (AvgIpc) is 1.59. The first-order valence-electron chi connectivity index (χ1n) is 44.5. The van der Waals surface area contributed by atoms with Crippen LogP contribution < -0.4 is 25.1 Å². The molecule has 0 atom stereocenters. The van der Waals surface area contributed by atoms with Gasteiger partial charge >= 0.3 is 24.7 Å². The number of aromatic nitrogens is 22. The van der Waals surface area contributed by atoms with Crippen LogP contribution in [0.15, 0.2) is 243 Å². The standard InChI is InChI=1S/C27H21F3N6O.C26H26N6O.C25H24N6O.C24H18F5N7O2.4CH4/c1-34-11-10-17-4-3-5-20(23(17)34)24-31-13-19-12-22(37)36(26(19)33-24)14-16-6-8-18(9-7-16)25-32-21(15-35(25)2)27(28,29)30;1-16(2)23-21(6-5-11-27-23)25-28-13-20-12-22(33)32(26(20)29-25)15-18-7-9-19(10-8-18)24-17(3)14-31(4)30-24;1-16(2)23-20(5-4-11-26-23)24-27-14-19-13-22(32)31(25(19)28-24)15-17-6-8-18(9-7-17)21-10-12-30(3)29-21;1-34-12-17(24(27,28)29)32-19(34)14-7-5-13(6-8-14)11-36-20-16(35(2)23(36)37)10-31-18(33-20)15-4-3-9-30-21(15)38-22(25)26;;;;/h3-11,13,15H,12,14H2,1-2H3;5-11,13-14,16H,12,15H2,1-4H3;4-12,14,16H,13,15H2,1-3H3;3-10,12,22H,11H2,1-2H3;4*1H4. The molecule has 0 radical (unpaired) electrons. The van der Waals surface area contributed by atoms with Gasteiger partial charge in [-0.15, -0.1) is 0 Å². The molecular formula is C106H105F8N25O5. The van der Waals surface area contributed by atoms with Gasteiger partial charge in [0.05, 0.1) is 85.5 Å². The number of nitrogens with zero attached hydrogens (tertiary/aromatic N) is 25. The van der Waals surface area contributed by atoms with Crippen molar-refractivity contribution in [2.45, 2.75) is 141 Å². The van der Waals surface area contributed by atoms with Gasteiger partial charge in [-0.05, 0) is 101 Å². The minimum atomic E-state index is -4.56. The Hall–Kier alpha value is -16.8. The number of pyridine rings is 3. The summed E-state index contributed by atoms with van der Waals surface area (Å²) in [4.78, 5) is 114. The zero-order chi connectivity index (χ0) is 98.4. The quantitative estimate of drug-likeness (QED) is 0.0640. The smallest absolute Gasteiger partial charge is 0.416 e. The molecule has 5 aromatic carbocycles. The topological polar surface area (TPSA) is 315 Å². The molecule has 30 nitrogen and oxygen atoms in total. The van der Waals surface area contributed by atoms with E-state index in [9.17, 15) is 54.3 Å². The van der Waals surface area contributed by atoms with Crippen molar-refractivity contribution in [1.82, 2.24) is 107 Å². The van der Waals surface area contributed by atoms with Crippen molar-refractivity contribution < 1.29 is 54.2 Å². The van der Waals surface area contributed by atoms with Crippen LogP contribution in [0.3, 0.4) is 0 Å². The van der Waals surface area contributed by atoms with E-state index in [2.05, 4.69) is 124 Å². The largest absolute Gasteiger partial charge is 0.434 e. The number of hydrogen-bond acceptors (Lipinski definition) is 20. The number of carbonyl (C=O) groups excluding carboxylic acids is 3. The molecule has 13 aromatic heterocycles. The van der Waals surface area contributed by atoms with Gasteiger partial charge in [0.25, 0.3) is 0 Å². The van der Waals surface area contributed by atoms with Gasteiger partial charge in [0.1, 0.15) is 34.6 Å². The van der Waals surface area contributed by atoms with Gasteiger partial charge in [-0.1, -0.05) is 167 Å². The molecule has 740 valence electrons.